The maximum atomic E-state index is 12.5. The first kappa shape index (κ1) is 17.4. The van der Waals surface area contributed by atoms with E-state index >= 15 is 0 Å². The number of aromatic nitrogens is 1. The average molecular weight is 339 g/mol. The summed E-state index contributed by atoms with van der Waals surface area (Å²) >= 11 is 0. The van der Waals surface area contributed by atoms with Gasteiger partial charge in [0.05, 0.1) is 0 Å². The molecule has 5 nitrogen and oxygen atoms in total. The zero-order chi connectivity index (χ0) is 17.5. The van der Waals surface area contributed by atoms with Crippen molar-refractivity contribution in [3.05, 3.63) is 54.4 Å². The molecule has 25 heavy (non-hydrogen) atoms. The Hall–Kier alpha value is -2.40. The van der Waals surface area contributed by atoms with Gasteiger partial charge in [0.25, 0.3) is 0 Å². The van der Waals surface area contributed by atoms with E-state index in [0.29, 0.717) is 13.0 Å². The molecule has 0 bridgehead atoms. The number of aliphatic hydroxyl groups excluding tert-OH is 1. The van der Waals surface area contributed by atoms with E-state index in [1.54, 1.807) is 6.20 Å². The van der Waals surface area contributed by atoms with Crippen molar-refractivity contribution in [2.45, 2.75) is 38.3 Å². The molecule has 1 aliphatic rings. The van der Waals surface area contributed by atoms with E-state index in [9.17, 15) is 9.90 Å². The maximum absolute atomic E-state index is 12.5. The smallest absolute Gasteiger partial charge is 0.317 e. The Kier molecular flexibility index (Phi) is 6.01. The lowest BCUT2D eigenvalue weighted by atomic mass is 10.00. The fourth-order valence-corrected chi connectivity index (χ4v) is 3.34. The second-order valence-electron chi connectivity index (χ2n) is 6.45. The quantitative estimate of drug-likeness (QED) is 0.879. The molecule has 0 radical (unpaired) electrons. The monoisotopic (exact) mass is 339 g/mol. The first-order valence-corrected chi connectivity index (χ1v) is 8.92. The van der Waals surface area contributed by atoms with Crippen molar-refractivity contribution in [2.75, 3.05) is 13.2 Å². The molecule has 0 unspecified atom stereocenters. The number of urea groups is 1. The summed E-state index contributed by atoms with van der Waals surface area (Å²) in [5.41, 5.74) is 3.26. The average Bonchev–Trinajstić information content (AvgIpc) is 2.68. The molecule has 1 aliphatic heterocycles. The van der Waals surface area contributed by atoms with E-state index in [1.165, 1.54) is 0 Å². The van der Waals surface area contributed by atoms with Crippen LogP contribution < -0.4 is 5.32 Å². The Morgan fingerprint density at radius 2 is 2.04 bits per heavy atom. The van der Waals surface area contributed by atoms with E-state index in [1.807, 2.05) is 47.5 Å². The summed E-state index contributed by atoms with van der Waals surface area (Å²) in [6.07, 6.45) is 7.41. The number of rotatable bonds is 5. The fourth-order valence-electron chi connectivity index (χ4n) is 3.34. The molecule has 0 spiro atoms. The zero-order valence-electron chi connectivity index (χ0n) is 14.4. The van der Waals surface area contributed by atoms with Crippen LogP contribution in [-0.2, 0) is 6.54 Å². The van der Waals surface area contributed by atoms with Gasteiger partial charge in [0, 0.05) is 38.1 Å². The number of carbonyl (C=O) groups excluding carboxylic acids is 1. The third-order valence-electron chi connectivity index (χ3n) is 4.74. The van der Waals surface area contributed by atoms with E-state index in [4.69, 9.17) is 0 Å². The van der Waals surface area contributed by atoms with E-state index in [-0.39, 0.29) is 18.7 Å². The largest absolute Gasteiger partial charge is 0.396 e. The molecule has 5 heteroatoms. The first-order valence-electron chi connectivity index (χ1n) is 8.92. The Morgan fingerprint density at radius 3 is 2.76 bits per heavy atom. The molecule has 2 amide bonds. The second-order valence-corrected chi connectivity index (χ2v) is 6.45. The number of likely N-dealkylation sites (tertiary alicyclic amines) is 1. The normalized spacial score (nSPS) is 17.3. The van der Waals surface area contributed by atoms with Crippen LogP contribution >= 0.6 is 0 Å². The second kappa shape index (κ2) is 8.62. The molecule has 1 aromatic carbocycles. The van der Waals surface area contributed by atoms with Gasteiger partial charge in [-0.25, -0.2) is 4.79 Å². The zero-order valence-corrected chi connectivity index (χ0v) is 14.4. The lowest BCUT2D eigenvalue weighted by molar-refractivity contribution is 0.131. The molecule has 1 fully saturated rings. The molecule has 2 N–H and O–H groups in total. The molecule has 3 rings (SSSR count). The molecular formula is C20H25N3O2. The molecule has 0 aliphatic carbocycles. The number of carbonyl (C=O) groups is 1. The van der Waals surface area contributed by atoms with Crippen molar-refractivity contribution < 1.29 is 9.90 Å². The van der Waals surface area contributed by atoms with Crippen molar-refractivity contribution in [3.63, 3.8) is 0 Å². The summed E-state index contributed by atoms with van der Waals surface area (Å²) in [5, 5.41) is 12.2. The summed E-state index contributed by atoms with van der Waals surface area (Å²) in [4.78, 5) is 18.5. The lowest BCUT2D eigenvalue weighted by Crippen LogP contribution is -2.48. The summed E-state index contributed by atoms with van der Waals surface area (Å²) in [5.74, 6) is 0. The standard InChI is InChI=1S/C20H25N3O2/c24-13-10-19-5-1-2-12-23(19)20(25)22-14-16-6-8-17(9-7-16)18-4-3-11-21-15-18/h3-4,6-9,11,15,19,24H,1-2,5,10,12-14H2,(H,22,25)/t19-/m0/s1. The van der Waals surface area contributed by atoms with Gasteiger partial charge in [0.2, 0.25) is 0 Å². The number of nitrogens with one attached hydrogen (secondary N) is 1. The van der Waals surface area contributed by atoms with Crippen LogP contribution in [0, 0.1) is 0 Å². The van der Waals surface area contributed by atoms with Gasteiger partial charge in [-0.05, 0) is 48.4 Å². The van der Waals surface area contributed by atoms with Crippen molar-refractivity contribution in [1.29, 1.82) is 0 Å². The molecule has 2 heterocycles. The Balaban J connectivity index is 1.56. The van der Waals surface area contributed by atoms with Crippen LogP contribution in [0.3, 0.4) is 0 Å². The van der Waals surface area contributed by atoms with Crippen LogP contribution in [0.4, 0.5) is 4.79 Å². The minimum Gasteiger partial charge on any atom is -0.396 e. The van der Waals surface area contributed by atoms with Crippen molar-refractivity contribution in [2.24, 2.45) is 0 Å². The highest BCUT2D eigenvalue weighted by Gasteiger charge is 2.25. The Morgan fingerprint density at radius 1 is 1.20 bits per heavy atom. The number of amides is 2. The molecule has 132 valence electrons. The molecular weight excluding hydrogens is 314 g/mol. The SMILES string of the molecule is O=C(NCc1ccc(-c2cccnc2)cc1)N1CCCC[C@H]1CCO. The number of benzene rings is 1. The third kappa shape index (κ3) is 4.57. The van der Waals surface area contributed by atoms with Crippen molar-refractivity contribution >= 4 is 6.03 Å². The van der Waals surface area contributed by atoms with Crippen LogP contribution in [0.1, 0.15) is 31.2 Å². The summed E-state index contributed by atoms with van der Waals surface area (Å²) in [6, 6.07) is 12.2. The van der Waals surface area contributed by atoms with Gasteiger partial charge < -0.3 is 15.3 Å². The summed E-state index contributed by atoms with van der Waals surface area (Å²) in [6.45, 7) is 1.41. The minimum atomic E-state index is -0.0329. The number of nitrogens with zero attached hydrogens (tertiary/aromatic N) is 2. The van der Waals surface area contributed by atoms with E-state index in [0.717, 1.165) is 42.5 Å². The number of hydrogen-bond acceptors (Lipinski definition) is 3. The van der Waals surface area contributed by atoms with Crippen molar-refractivity contribution in [1.82, 2.24) is 15.2 Å². The first-order chi connectivity index (χ1) is 12.3. The molecule has 0 saturated carbocycles. The Labute approximate surface area is 148 Å². The number of pyridine rings is 1. The number of piperidine rings is 1. The van der Waals surface area contributed by atoms with Gasteiger partial charge in [-0.3, -0.25) is 4.98 Å². The summed E-state index contributed by atoms with van der Waals surface area (Å²) in [7, 11) is 0. The van der Waals surface area contributed by atoms with Gasteiger partial charge in [0.1, 0.15) is 0 Å². The number of hydrogen-bond donors (Lipinski definition) is 2. The van der Waals surface area contributed by atoms with Gasteiger partial charge in [-0.2, -0.15) is 0 Å². The van der Waals surface area contributed by atoms with Crippen LogP contribution in [0.2, 0.25) is 0 Å². The highest BCUT2D eigenvalue weighted by Crippen LogP contribution is 2.20. The molecule has 1 saturated heterocycles. The fraction of sp³-hybridized carbons (Fsp3) is 0.400. The van der Waals surface area contributed by atoms with E-state index < -0.39 is 0 Å². The Bertz CT molecular complexity index is 671. The third-order valence-corrected chi connectivity index (χ3v) is 4.74. The van der Waals surface area contributed by atoms with Crippen LogP contribution in [0.15, 0.2) is 48.8 Å². The van der Waals surface area contributed by atoms with Gasteiger partial charge in [0.15, 0.2) is 0 Å². The lowest BCUT2D eigenvalue weighted by Gasteiger charge is -2.35. The van der Waals surface area contributed by atoms with Crippen LogP contribution in [0.5, 0.6) is 0 Å². The van der Waals surface area contributed by atoms with Crippen molar-refractivity contribution in [3.8, 4) is 11.1 Å². The van der Waals surface area contributed by atoms with Crippen LogP contribution in [-0.4, -0.2) is 40.2 Å². The van der Waals surface area contributed by atoms with Crippen LogP contribution in [0.25, 0.3) is 11.1 Å². The minimum absolute atomic E-state index is 0.0329. The topological polar surface area (TPSA) is 65.5 Å². The summed E-state index contributed by atoms with van der Waals surface area (Å²) < 4.78 is 0. The molecule has 1 aromatic heterocycles. The molecule has 1 atom stereocenters. The predicted octanol–water partition coefficient (Wildman–Crippen LogP) is 3.20. The van der Waals surface area contributed by atoms with E-state index in [2.05, 4.69) is 10.3 Å². The maximum Gasteiger partial charge on any atom is 0.317 e. The number of aliphatic hydroxyl groups is 1. The van der Waals surface area contributed by atoms with Gasteiger partial charge >= 0.3 is 6.03 Å². The highest BCUT2D eigenvalue weighted by atomic mass is 16.3. The van der Waals surface area contributed by atoms with Gasteiger partial charge in [-0.15, -0.1) is 0 Å². The predicted molar refractivity (Wildman–Crippen MR) is 98.0 cm³/mol. The highest BCUT2D eigenvalue weighted by molar-refractivity contribution is 5.74. The van der Waals surface area contributed by atoms with Gasteiger partial charge in [-0.1, -0.05) is 30.3 Å². The molecule has 2 aromatic rings.